The van der Waals surface area contributed by atoms with Gasteiger partial charge in [-0.2, -0.15) is 0 Å². The van der Waals surface area contributed by atoms with Crippen LogP contribution in [0.3, 0.4) is 0 Å². The first-order chi connectivity index (χ1) is 11.1. The number of carbonyl (C=O) groups is 2. The summed E-state index contributed by atoms with van der Waals surface area (Å²) in [6.07, 6.45) is 0.186. The normalized spacial score (nSPS) is 15.9. The van der Waals surface area contributed by atoms with E-state index >= 15 is 0 Å². The molecule has 1 aliphatic rings. The molecule has 23 heavy (non-hydrogen) atoms. The van der Waals surface area contributed by atoms with Gasteiger partial charge in [0.2, 0.25) is 11.8 Å². The van der Waals surface area contributed by atoms with E-state index in [0.29, 0.717) is 6.54 Å². The summed E-state index contributed by atoms with van der Waals surface area (Å²) in [4.78, 5) is 26.7. The predicted octanol–water partition coefficient (Wildman–Crippen LogP) is 3.47. The first kappa shape index (κ1) is 15.3. The van der Waals surface area contributed by atoms with Crippen LogP contribution in [0.25, 0.3) is 0 Å². The molecule has 1 N–H and O–H groups in total. The van der Waals surface area contributed by atoms with Gasteiger partial charge in [-0.15, -0.1) is 0 Å². The molecular formula is C19H20N2O2. The van der Waals surface area contributed by atoms with Crippen molar-refractivity contribution in [1.82, 2.24) is 0 Å². The van der Waals surface area contributed by atoms with E-state index in [4.69, 9.17) is 0 Å². The highest BCUT2D eigenvalue weighted by Crippen LogP contribution is 2.35. The maximum Gasteiger partial charge on any atom is 0.232 e. The lowest BCUT2D eigenvalue weighted by Gasteiger charge is -2.24. The van der Waals surface area contributed by atoms with Crippen molar-refractivity contribution in [2.45, 2.75) is 26.2 Å². The number of amides is 2. The van der Waals surface area contributed by atoms with Gasteiger partial charge < -0.3 is 10.2 Å². The van der Waals surface area contributed by atoms with Crippen LogP contribution in [0.1, 0.15) is 30.4 Å². The fraction of sp³-hybridized carbons (Fsp3) is 0.263. The number of benzene rings is 2. The Morgan fingerprint density at radius 3 is 2.57 bits per heavy atom. The molecule has 2 aromatic carbocycles. The molecule has 0 aromatic heterocycles. The van der Waals surface area contributed by atoms with Gasteiger partial charge in [0.05, 0.1) is 5.92 Å². The van der Waals surface area contributed by atoms with E-state index in [1.807, 2.05) is 62.4 Å². The van der Waals surface area contributed by atoms with Gasteiger partial charge in [0, 0.05) is 24.3 Å². The number of hydrogen-bond acceptors (Lipinski definition) is 2. The number of hydrogen-bond donors (Lipinski definition) is 1. The minimum atomic E-state index is -0.406. The van der Waals surface area contributed by atoms with Crippen LogP contribution < -0.4 is 10.2 Å². The Hall–Kier alpha value is -2.62. The summed E-state index contributed by atoms with van der Waals surface area (Å²) in [6.45, 7) is 4.52. The van der Waals surface area contributed by atoms with Gasteiger partial charge in [0.25, 0.3) is 0 Å². The Balaban J connectivity index is 1.84. The molecule has 2 amide bonds. The van der Waals surface area contributed by atoms with Gasteiger partial charge in [-0.3, -0.25) is 9.59 Å². The third-order valence-electron chi connectivity index (χ3n) is 4.31. The fourth-order valence-corrected chi connectivity index (χ4v) is 3.11. The molecule has 0 unspecified atom stereocenters. The minimum absolute atomic E-state index is 0.0290. The molecule has 0 fully saturated rings. The minimum Gasteiger partial charge on any atom is -0.325 e. The highest BCUT2D eigenvalue weighted by atomic mass is 16.2. The molecule has 0 bridgehead atoms. The van der Waals surface area contributed by atoms with Crippen molar-refractivity contribution < 1.29 is 9.59 Å². The molecule has 2 aromatic rings. The van der Waals surface area contributed by atoms with Gasteiger partial charge in [-0.25, -0.2) is 0 Å². The summed E-state index contributed by atoms with van der Waals surface area (Å²) < 4.78 is 0. The van der Waals surface area contributed by atoms with Crippen molar-refractivity contribution in [2.75, 3.05) is 16.8 Å². The molecular weight excluding hydrogens is 288 g/mol. The molecule has 1 atom stereocenters. The lowest BCUT2D eigenvalue weighted by atomic mass is 9.96. The van der Waals surface area contributed by atoms with Crippen LogP contribution in [-0.2, 0) is 9.59 Å². The lowest BCUT2D eigenvalue weighted by molar-refractivity contribution is -0.123. The van der Waals surface area contributed by atoms with Gasteiger partial charge >= 0.3 is 0 Å². The van der Waals surface area contributed by atoms with E-state index in [-0.39, 0.29) is 18.2 Å². The maximum atomic E-state index is 12.8. The zero-order valence-corrected chi connectivity index (χ0v) is 13.4. The molecule has 0 spiro atoms. The van der Waals surface area contributed by atoms with Gasteiger partial charge in [0.15, 0.2) is 0 Å². The zero-order valence-electron chi connectivity index (χ0n) is 13.4. The lowest BCUT2D eigenvalue weighted by Crippen LogP contribution is -2.33. The largest absolute Gasteiger partial charge is 0.325 e. The van der Waals surface area contributed by atoms with Crippen LogP contribution in [0.2, 0.25) is 0 Å². The molecule has 0 saturated heterocycles. The highest BCUT2D eigenvalue weighted by Gasteiger charge is 2.33. The maximum absolute atomic E-state index is 12.8. The molecule has 118 valence electrons. The second-order valence-electron chi connectivity index (χ2n) is 5.76. The fourth-order valence-electron chi connectivity index (χ4n) is 3.11. The summed E-state index contributed by atoms with van der Waals surface area (Å²) in [5, 5.41) is 2.85. The molecule has 1 heterocycles. The Kier molecular flexibility index (Phi) is 4.15. The van der Waals surface area contributed by atoms with E-state index in [1.54, 1.807) is 4.90 Å². The molecule has 0 radical (unpaired) electrons. The Morgan fingerprint density at radius 2 is 1.83 bits per heavy atom. The Bertz CT molecular complexity index is 755. The van der Waals surface area contributed by atoms with Crippen molar-refractivity contribution in [3.63, 3.8) is 0 Å². The van der Waals surface area contributed by atoms with E-state index < -0.39 is 5.92 Å². The van der Waals surface area contributed by atoms with Gasteiger partial charge in [-0.1, -0.05) is 36.4 Å². The topological polar surface area (TPSA) is 49.4 Å². The number of anilines is 2. The van der Waals surface area contributed by atoms with Crippen LogP contribution >= 0.6 is 0 Å². The number of rotatable bonds is 4. The zero-order chi connectivity index (χ0) is 16.4. The van der Waals surface area contributed by atoms with Crippen LogP contribution in [0.4, 0.5) is 11.4 Å². The number of nitrogens with one attached hydrogen (secondary N) is 1. The third kappa shape index (κ3) is 2.84. The average molecular weight is 308 g/mol. The summed E-state index contributed by atoms with van der Waals surface area (Å²) in [7, 11) is 0. The Morgan fingerprint density at radius 1 is 1.13 bits per heavy atom. The second kappa shape index (κ2) is 6.24. The van der Waals surface area contributed by atoms with E-state index in [1.165, 1.54) is 0 Å². The molecule has 3 rings (SSSR count). The summed E-state index contributed by atoms with van der Waals surface area (Å²) in [5.41, 5.74) is 3.69. The summed E-state index contributed by atoms with van der Waals surface area (Å²) in [6, 6.07) is 15.4. The van der Waals surface area contributed by atoms with E-state index in [9.17, 15) is 9.59 Å². The molecule has 4 heteroatoms. The smallest absolute Gasteiger partial charge is 0.232 e. The monoisotopic (exact) mass is 308 g/mol. The van der Waals surface area contributed by atoms with Crippen LogP contribution in [0, 0.1) is 6.92 Å². The van der Waals surface area contributed by atoms with E-state index in [2.05, 4.69) is 5.32 Å². The van der Waals surface area contributed by atoms with Crippen molar-refractivity contribution in [3.05, 3.63) is 59.7 Å². The SMILES string of the molecule is CCN(C(=O)C[C@H]1C(=O)Nc2ccccc21)c1ccccc1C. The number of aryl methyl sites for hydroxylation is 1. The third-order valence-corrected chi connectivity index (χ3v) is 4.31. The summed E-state index contributed by atoms with van der Waals surface area (Å²) >= 11 is 0. The first-order valence-electron chi connectivity index (χ1n) is 7.87. The number of carbonyl (C=O) groups excluding carboxylic acids is 2. The van der Waals surface area contributed by atoms with Crippen LogP contribution in [-0.4, -0.2) is 18.4 Å². The van der Waals surface area contributed by atoms with Crippen LogP contribution in [0.15, 0.2) is 48.5 Å². The highest BCUT2D eigenvalue weighted by molar-refractivity contribution is 6.06. The van der Waals surface area contributed by atoms with Crippen molar-refractivity contribution in [3.8, 4) is 0 Å². The van der Waals surface area contributed by atoms with E-state index in [0.717, 1.165) is 22.5 Å². The standard InChI is InChI=1S/C19H20N2O2/c1-3-21(17-11-7-4-8-13(17)2)18(22)12-15-14-9-5-6-10-16(14)20-19(15)23/h4-11,15H,3,12H2,1-2H3,(H,20,23)/t15-/m1/s1. The van der Waals surface area contributed by atoms with Crippen LogP contribution in [0.5, 0.6) is 0 Å². The Labute approximate surface area is 136 Å². The number of fused-ring (bicyclic) bond motifs is 1. The number of nitrogens with zero attached hydrogens (tertiary/aromatic N) is 1. The first-order valence-corrected chi connectivity index (χ1v) is 7.87. The second-order valence-corrected chi connectivity index (χ2v) is 5.76. The quantitative estimate of drug-likeness (QED) is 0.940. The van der Waals surface area contributed by atoms with Gasteiger partial charge in [0.1, 0.15) is 0 Å². The van der Waals surface area contributed by atoms with Gasteiger partial charge in [-0.05, 0) is 37.1 Å². The molecule has 0 saturated carbocycles. The summed E-state index contributed by atoms with van der Waals surface area (Å²) in [5.74, 6) is -0.532. The number of para-hydroxylation sites is 2. The molecule has 0 aliphatic carbocycles. The predicted molar refractivity (Wildman–Crippen MR) is 91.6 cm³/mol. The molecule has 4 nitrogen and oxygen atoms in total. The van der Waals surface area contributed by atoms with Crippen molar-refractivity contribution in [1.29, 1.82) is 0 Å². The van der Waals surface area contributed by atoms with Crippen molar-refractivity contribution >= 4 is 23.2 Å². The molecule has 1 aliphatic heterocycles. The average Bonchev–Trinajstić information content (AvgIpc) is 2.86. The van der Waals surface area contributed by atoms with Crippen molar-refractivity contribution in [2.24, 2.45) is 0 Å².